The van der Waals surface area contributed by atoms with Crippen LogP contribution in [0.1, 0.15) is 35.9 Å². The van der Waals surface area contributed by atoms with E-state index in [9.17, 15) is 19.8 Å². The Morgan fingerprint density at radius 2 is 2.10 bits per heavy atom. The Labute approximate surface area is 121 Å². The van der Waals surface area contributed by atoms with Gasteiger partial charge in [0.25, 0.3) is 0 Å². The summed E-state index contributed by atoms with van der Waals surface area (Å²) in [4.78, 5) is 26.2. The van der Waals surface area contributed by atoms with Gasteiger partial charge in [-0.05, 0) is 13.0 Å². The average Bonchev–Trinajstić information content (AvgIpc) is 2.44. The van der Waals surface area contributed by atoms with Crippen LogP contribution in [0.4, 0.5) is 0 Å². The van der Waals surface area contributed by atoms with Gasteiger partial charge < -0.3 is 14.9 Å². The fourth-order valence-corrected chi connectivity index (χ4v) is 2.05. The topological polar surface area (TPSA) is 96.7 Å². The van der Waals surface area contributed by atoms with E-state index in [0.29, 0.717) is 5.56 Å². The van der Waals surface area contributed by atoms with Gasteiger partial charge in [0.15, 0.2) is 5.12 Å². The van der Waals surface area contributed by atoms with Gasteiger partial charge in [0, 0.05) is 30.6 Å². The molecule has 0 aliphatic carbocycles. The summed E-state index contributed by atoms with van der Waals surface area (Å²) >= 11 is 0.920. The predicted molar refractivity (Wildman–Crippen MR) is 74.3 cm³/mol. The van der Waals surface area contributed by atoms with Crippen LogP contribution in [0.15, 0.2) is 18.5 Å². The summed E-state index contributed by atoms with van der Waals surface area (Å²) in [6, 6.07) is 1.41. The van der Waals surface area contributed by atoms with Gasteiger partial charge in [-0.2, -0.15) is 0 Å². The van der Waals surface area contributed by atoms with Crippen LogP contribution in [0.25, 0.3) is 0 Å². The maximum absolute atomic E-state index is 11.5. The molecule has 2 N–H and O–H groups in total. The SMILES string of the molecule is CCOC(=O)c1cncc(C(O)C(O)CSC(C)=O)c1. The zero-order valence-electron chi connectivity index (χ0n) is 11.3. The van der Waals surface area contributed by atoms with Crippen molar-refractivity contribution in [3.8, 4) is 0 Å². The second-order valence-corrected chi connectivity index (χ2v) is 5.24. The first-order valence-corrected chi connectivity index (χ1v) is 7.05. The van der Waals surface area contributed by atoms with Gasteiger partial charge >= 0.3 is 5.97 Å². The van der Waals surface area contributed by atoms with E-state index in [1.807, 2.05) is 0 Å². The van der Waals surface area contributed by atoms with Crippen molar-refractivity contribution in [1.82, 2.24) is 4.98 Å². The van der Waals surface area contributed by atoms with Gasteiger partial charge in [0.05, 0.1) is 18.3 Å². The minimum absolute atomic E-state index is 0.0696. The molecule has 1 rings (SSSR count). The standard InChI is InChI=1S/C13H17NO5S/c1-3-19-13(18)10-4-9(5-14-6-10)12(17)11(16)7-20-8(2)15/h4-6,11-12,16-17H,3,7H2,1-2H3. The number of pyridine rings is 1. The monoisotopic (exact) mass is 299 g/mol. The lowest BCUT2D eigenvalue weighted by molar-refractivity contribution is -0.109. The highest BCUT2D eigenvalue weighted by Gasteiger charge is 2.21. The van der Waals surface area contributed by atoms with E-state index in [4.69, 9.17) is 4.74 Å². The maximum atomic E-state index is 11.5. The molecular weight excluding hydrogens is 282 g/mol. The molecule has 1 aromatic heterocycles. The maximum Gasteiger partial charge on any atom is 0.339 e. The van der Waals surface area contributed by atoms with Crippen molar-refractivity contribution in [2.75, 3.05) is 12.4 Å². The lowest BCUT2D eigenvalue weighted by Gasteiger charge is -2.17. The first kappa shape index (κ1) is 16.6. The van der Waals surface area contributed by atoms with Gasteiger partial charge in [-0.25, -0.2) is 4.79 Å². The third-order valence-corrected chi connectivity index (χ3v) is 3.35. The van der Waals surface area contributed by atoms with Crippen molar-refractivity contribution in [2.24, 2.45) is 0 Å². The van der Waals surface area contributed by atoms with Crippen molar-refractivity contribution in [1.29, 1.82) is 0 Å². The van der Waals surface area contributed by atoms with Gasteiger partial charge in [-0.1, -0.05) is 11.8 Å². The van der Waals surface area contributed by atoms with Crippen molar-refractivity contribution < 1.29 is 24.5 Å². The van der Waals surface area contributed by atoms with Crippen LogP contribution < -0.4 is 0 Å². The summed E-state index contributed by atoms with van der Waals surface area (Å²) in [5, 5.41) is 19.6. The summed E-state index contributed by atoms with van der Waals surface area (Å²) in [6.45, 7) is 3.31. The predicted octanol–water partition coefficient (Wildman–Crippen LogP) is 0.932. The molecule has 20 heavy (non-hydrogen) atoms. The second-order valence-electron chi connectivity index (χ2n) is 4.04. The van der Waals surface area contributed by atoms with E-state index >= 15 is 0 Å². The third-order valence-electron chi connectivity index (χ3n) is 2.43. The molecule has 1 heterocycles. The highest BCUT2D eigenvalue weighted by atomic mass is 32.2. The molecule has 0 saturated heterocycles. The first-order chi connectivity index (χ1) is 9.45. The fourth-order valence-electron chi connectivity index (χ4n) is 1.46. The van der Waals surface area contributed by atoms with Crippen LogP contribution in [0.2, 0.25) is 0 Å². The Morgan fingerprint density at radius 1 is 1.40 bits per heavy atom. The molecule has 1 aromatic rings. The molecule has 0 radical (unpaired) electrons. The summed E-state index contributed by atoms with van der Waals surface area (Å²) in [7, 11) is 0. The third kappa shape index (κ3) is 4.92. The lowest BCUT2D eigenvalue weighted by Crippen LogP contribution is -2.22. The number of ether oxygens (including phenoxy) is 1. The molecule has 7 heteroatoms. The zero-order valence-corrected chi connectivity index (χ0v) is 12.1. The molecule has 0 saturated carbocycles. The minimum Gasteiger partial charge on any atom is -0.462 e. The number of aromatic nitrogens is 1. The fraction of sp³-hybridized carbons (Fsp3) is 0.462. The molecule has 0 spiro atoms. The average molecular weight is 299 g/mol. The van der Waals surface area contributed by atoms with Crippen LogP contribution in [-0.4, -0.2) is 44.7 Å². The van der Waals surface area contributed by atoms with Crippen LogP contribution in [0, 0.1) is 0 Å². The number of carbonyl (C=O) groups excluding carboxylic acids is 2. The Bertz CT molecular complexity index is 480. The summed E-state index contributed by atoms with van der Waals surface area (Å²) in [6.07, 6.45) is 0.340. The number of esters is 1. The van der Waals surface area contributed by atoms with E-state index in [1.54, 1.807) is 6.92 Å². The minimum atomic E-state index is -1.22. The van der Waals surface area contributed by atoms with E-state index in [2.05, 4.69) is 4.98 Å². The highest BCUT2D eigenvalue weighted by molar-refractivity contribution is 8.13. The number of rotatable bonds is 6. The van der Waals surface area contributed by atoms with Crippen LogP contribution in [0.3, 0.4) is 0 Å². The Hall–Kier alpha value is -1.44. The van der Waals surface area contributed by atoms with Crippen LogP contribution in [-0.2, 0) is 9.53 Å². The first-order valence-electron chi connectivity index (χ1n) is 6.07. The molecule has 0 aliphatic heterocycles. The van der Waals surface area contributed by atoms with Crippen LogP contribution >= 0.6 is 11.8 Å². The van der Waals surface area contributed by atoms with Gasteiger partial charge in [0.2, 0.25) is 0 Å². The molecule has 2 atom stereocenters. The normalized spacial score (nSPS) is 13.6. The summed E-state index contributed by atoms with van der Waals surface area (Å²) < 4.78 is 4.83. The quantitative estimate of drug-likeness (QED) is 0.754. The van der Waals surface area contributed by atoms with Crippen molar-refractivity contribution >= 4 is 22.8 Å². The Kier molecular flexibility index (Phi) is 6.63. The van der Waals surface area contributed by atoms with Crippen molar-refractivity contribution in [3.05, 3.63) is 29.6 Å². The number of nitrogens with zero attached hydrogens (tertiary/aromatic N) is 1. The Morgan fingerprint density at radius 3 is 2.70 bits per heavy atom. The van der Waals surface area contributed by atoms with Gasteiger partial charge in [-0.3, -0.25) is 9.78 Å². The number of carbonyl (C=O) groups is 2. The zero-order chi connectivity index (χ0) is 15.1. The summed E-state index contributed by atoms with van der Waals surface area (Å²) in [5.74, 6) is -0.471. The lowest BCUT2D eigenvalue weighted by atomic mass is 10.1. The number of aliphatic hydroxyl groups excluding tert-OH is 2. The van der Waals surface area contributed by atoms with Gasteiger partial charge in [-0.15, -0.1) is 0 Å². The number of aliphatic hydroxyl groups is 2. The number of hydrogen-bond donors (Lipinski definition) is 2. The number of hydrogen-bond acceptors (Lipinski definition) is 7. The largest absolute Gasteiger partial charge is 0.462 e. The van der Waals surface area contributed by atoms with E-state index in [0.717, 1.165) is 11.8 Å². The molecule has 110 valence electrons. The molecule has 0 aliphatic rings. The Balaban J connectivity index is 2.77. The summed E-state index contributed by atoms with van der Waals surface area (Å²) in [5.41, 5.74) is 0.502. The molecule has 0 aromatic carbocycles. The molecular formula is C13H17NO5S. The van der Waals surface area contributed by atoms with E-state index < -0.39 is 18.2 Å². The molecule has 0 fully saturated rings. The van der Waals surface area contributed by atoms with Crippen molar-refractivity contribution in [3.63, 3.8) is 0 Å². The molecule has 2 unspecified atom stereocenters. The molecule has 0 bridgehead atoms. The van der Waals surface area contributed by atoms with E-state index in [1.165, 1.54) is 25.4 Å². The van der Waals surface area contributed by atoms with Crippen LogP contribution in [0.5, 0.6) is 0 Å². The molecule has 6 nitrogen and oxygen atoms in total. The van der Waals surface area contributed by atoms with Crippen molar-refractivity contribution in [2.45, 2.75) is 26.1 Å². The van der Waals surface area contributed by atoms with Gasteiger partial charge in [0.1, 0.15) is 6.10 Å². The highest BCUT2D eigenvalue weighted by Crippen LogP contribution is 2.20. The van der Waals surface area contributed by atoms with E-state index in [-0.39, 0.29) is 23.0 Å². The second kappa shape index (κ2) is 7.98. The molecule has 0 amide bonds. The number of thioether (sulfide) groups is 1. The smallest absolute Gasteiger partial charge is 0.339 e.